The topological polar surface area (TPSA) is 50.8 Å². The number of hydrogen-bond donors (Lipinski definition) is 1. The van der Waals surface area contributed by atoms with E-state index in [0.29, 0.717) is 13.1 Å². The lowest BCUT2D eigenvalue weighted by Gasteiger charge is -2.31. The summed E-state index contributed by atoms with van der Waals surface area (Å²) in [5, 5.41) is 2.99. The van der Waals surface area contributed by atoms with Crippen molar-refractivity contribution in [1.82, 2.24) is 10.2 Å². The number of benzene rings is 1. The molecule has 0 bridgehead atoms. The van der Waals surface area contributed by atoms with Gasteiger partial charge in [0.1, 0.15) is 5.75 Å². The largest absolute Gasteiger partial charge is 0.494 e. The van der Waals surface area contributed by atoms with Gasteiger partial charge in [-0.05, 0) is 43.4 Å². The highest BCUT2D eigenvalue weighted by molar-refractivity contribution is 5.74. The first kappa shape index (κ1) is 17.6. The number of piperidine rings is 1. The van der Waals surface area contributed by atoms with E-state index in [1.807, 2.05) is 17.0 Å². The van der Waals surface area contributed by atoms with Crippen molar-refractivity contribution in [2.24, 2.45) is 0 Å². The smallest absolute Gasteiger partial charge is 0.317 e. The lowest BCUT2D eigenvalue weighted by atomic mass is 10.1. The Hall–Kier alpha value is -1.75. The maximum Gasteiger partial charge on any atom is 0.317 e. The molecular formula is C18H28N2O3. The third kappa shape index (κ3) is 5.75. The second-order valence-corrected chi connectivity index (χ2v) is 5.92. The Morgan fingerprint density at radius 3 is 2.83 bits per heavy atom. The molecule has 0 aromatic heterocycles. The van der Waals surface area contributed by atoms with E-state index >= 15 is 0 Å². The Kier molecular flexibility index (Phi) is 7.20. The first-order valence-corrected chi connectivity index (χ1v) is 8.50. The molecule has 1 aromatic carbocycles. The summed E-state index contributed by atoms with van der Waals surface area (Å²) < 4.78 is 10.9. The standard InChI is InChI=1S/C18H28N2O3/c1-3-13-23-16-8-6-15(7-9-16)10-11-19-18(21)20-12-4-5-17(14-20)22-2/h6-9,17H,3-5,10-14H2,1-2H3,(H,19,21)/t17-/m0/s1. The number of likely N-dealkylation sites (tertiary alicyclic amines) is 1. The maximum atomic E-state index is 12.2. The highest BCUT2D eigenvalue weighted by Crippen LogP contribution is 2.14. The second kappa shape index (κ2) is 9.40. The Morgan fingerprint density at radius 1 is 1.35 bits per heavy atom. The van der Waals surface area contributed by atoms with Crippen molar-refractivity contribution in [1.29, 1.82) is 0 Å². The SMILES string of the molecule is CCCOc1ccc(CCNC(=O)N2CCC[C@H](OC)C2)cc1. The van der Waals surface area contributed by atoms with Gasteiger partial charge in [-0.25, -0.2) is 4.79 Å². The van der Waals surface area contributed by atoms with Crippen LogP contribution >= 0.6 is 0 Å². The fraction of sp³-hybridized carbons (Fsp3) is 0.611. The van der Waals surface area contributed by atoms with E-state index in [4.69, 9.17) is 9.47 Å². The fourth-order valence-corrected chi connectivity index (χ4v) is 2.71. The van der Waals surface area contributed by atoms with Gasteiger partial charge in [0, 0.05) is 26.7 Å². The molecule has 2 amide bonds. The summed E-state index contributed by atoms with van der Waals surface area (Å²) in [4.78, 5) is 14.0. The summed E-state index contributed by atoms with van der Waals surface area (Å²) in [5.41, 5.74) is 1.20. The molecule has 1 N–H and O–H groups in total. The Balaban J connectivity index is 1.70. The molecular weight excluding hydrogens is 292 g/mol. The Bertz CT molecular complexity index is 476. The molecule has 1 atom stereocenters. The van der Waals surface area contributed by atoms with Gasteiger partial charge in [-0.15, -0.1) is 0 Å². The predicted molar refractivity (Wildman–Crippen MR) is 90.9 cm³/mol. The lowest BCUT2D eigenvalue weighted by molar-refractivity contribution is 0.0435. The summed E-state index contributed by atoms with van der Waals surface area (Å²) in [6.07, 6.45) is 4.04. The van der Waals surface area contributed by atoms with Crippen LogP contribution in [-0.4, -0.2) is 50.4 Å². The van der Waals surface area contributed by atoms with Crippen molar-refractivity contribution >= 4 is 6.03 Å². The van der Waals surface area contributed by atoms with Crippen LogP contribution < -0.4 is 10.1 Å². The maximum absolute atomic E-state index is 12.2. The van der Waals surface area contributed by atoms with E-state index in [1.165, 1.54) is 5.56 Å². The molecule has 128 valence electrons. The van der Waals surface area contributed by atoms with Crippen LogP contribution in [0.15, 0.2) is 24.3 Å². The molecule has 1 aliphatic rings. The van der Waals surface area contributed by atoms with Gasteiger partial charge < -0.3 is 19.7 Å². The van der Waals surface area contributed by atoms with E-state index < -0.39 is 0 Å². The monoisotopic (exact) mass is 320 g/mol. The van der Waals surface area contributed by atoms with E-state index in [9.17, 15) is 4.79 Å². The van der Waals surface area contributed by atoms with E-state index in [0.717, 1.165) is 44.6 Å². The number of carbonyl (C=O) groups is 1. The molecule has 0 spiro atoms. The number of nitrogens with zero attached hydrogens (tertiary/aromatic N) is 1. The van der Waals surface area contributed by atoms with Gasteiger partial charge >= 0.3 is 6.03 Å². The van der Waals surface area contributed by atoms with E-state index in [1.54, 1.807) is 7.11 Å². The zero-order valence-electron chi connectivity index (χ0n) is 14.2. The molecule has 1 heterocycles. The lowest BCUT2D eigenvalue weighted by Crippen LogP contribution is -2.47. The van der Waals surface area contributed by atoms with Gasteiger partial charge in [0.15, 0.2) is 0 Å². The van der Waals surface area contributed by atoms with Crippen molar-refractivity contribution in [2.75, 3.05) is 33.4 Å². The minimum Gasteiger partial charge on any atom is -0.494 e. The minimum atomic E-state index is 0.00893. The highest BCUT2D eigenvalue weighted by Gasteiger charge is 2.22. The van der Waals surface area contributed by atoms with E-state index in [-0.39, 0.29) is 12.1 Å². The number of carbonyl (C=O) groups excluding carboxylic acids is 1. The summed E-state index contributed by atoms with van der Waals surface area (Å²) in [5.74, 6) is 0.901. The number of rotatable bonds is 7. The number of ether oxygens (including phenoxy) is 2. The van der Waals surface area contributed by atoms with Gasteiger partial charge in [0.05, 0.1) is 12.7 Å². The van der Waals surface area contributed by atoms with Gasteiger partial charge in [-0.2, -0.15) is 0 Å². The normalized spacial score (nSPS) is 17.8. The van der Waals surface area contributed by atoms with Crippen molar-refractivity contribution in [2.45, 2.75) is 38.7 Å². The van der Waals surface area contributed by atoms with Gasteiger partial charge in [0.25, 0.3) is 0 Å². The number of hydrogen-bond acceptors (Lipinski definition) is 3. The van der Waals surface area contributed by atoms with Crippen molar-refractivity contribution in [3.05, 3.63) is 29.8 Å². The molecule has 2 rings (SSSR count). The summed E-state index contributed by atoms with van der Waals surface area (Å²) in [7, 11) is 1.71. The van der Waals surface area contributed by atoms with Crippen LogP contribution in [0, 0.1) is 0 Å². The van der Waals surface area contributed by atoms with Crippen LogP contribution in [0.2, 0.25) is 0 Å². The van der Waals surface area contributed by atoms with Crippen molar-refractivity contribution in [3.63, 3.8) is 0 Å². The molecule has 5 heteroatoms. The van der Waals surface area contributed by atoms with Crippen molar-refractivity contribution < 1.29 is 14.3 Å². The first-order valence-electron chi connectivity index (χ1n) is 8.50. The third-order valence-electron chi connectivity index (χ3n) is 4.08. The first-order chi connectivity index (χ1) is 11.2. The molecule has 0 saturated carbocycles. The molecule has 23 heavy (non-hydrogen) atoms. The highest BCUT2D eigenvalue weighted by atomic mass is 16.5. The van der Waals surface area contributed by atoms with Crippen LogP contribution in [0.5, 0.6) is 5.75 Å². The summed E-state index contributed by atoms with van der Waals surface area (Å²) in [6.45, 7) is 4.98. The van der Waals surface area contributed by atoms with Crippen LogP contribution in [0.25, 0.3) is 0 Å². The Labute approximate surface area is 139 Å². The third-order valence-corrected chi connectivity index (χ3v) is 4.08. The second-order valence-electron chi connectivity index (χ2n) is 5.92. The predicted octanol–water partition coefficient (Wildman–Crippen LogP) is 2.84. The number of methoxy groups -OCH3 is 1. The molecule has 1 aliphatic heterocycles. The molecule has 0 aliphatic carbocycles. The average molecular weight is 320 g/mol. The Morgan fingerprint density at radius 2 is 2.13 bits per heavy atom. The molecule has 0 unspecified atom stereocenters. The zero-order chi connectivity index (χ0) is 16.5. The van der Waals surface area contributed by atoms with Gasteiger partial charge in [-0.1, -0.05) is 19.1 Å². The number of urea groups is 1. The minimum absolute atomic E-state index is 0.00893. The van der Waals surface area contributed by atoms with Crippen LogP contribution in [0.1, 0.15) is 31.7 Å². The quantitative estimate of drug-likeness (QED) is 0.840. The summed E-state index contributed by atoms with van der Waals surface area (Å²) >= 11 is 0. The molecule has 5 nitrogen and oxygen atoms in total. The number of nitrogens with one attached hydrogen (secondary N) is 1. The molecule has 1 saturated heterocycles. The van der Waals surface area contributed by atoms with Crippen LogP contribution in [-0.2, 0) is 11.2 Å². The average Bonchev–Trinajstić information content (AvgIpc) is 2.61. The van der Waals surface area contributed by atoms with Crippen LogP contribution in [0.3, 0.4) is 0 Å². The van der Waals surface area contributed by atoms with Crippen molar-refractivity contribution in [3.8, 4) is 5.75 Å². The van der Waals surface area contributed by atoms with Gasteiger partial charge in [-0.3, -0.25) is 0 Å². The molecule has 1 fully saturated rings. The zero-order valence-corrected chi connectivity index (χ0v) is 14.2. The molecule has 0 radical (unpaired) electrons. The summed E-state index contributed by atoms with van der Waals surface area (Å²) in [6, 6.07) is 8.09. The number of amides is 2. The fourth-order valence-electron chi connectivity index (χ4n) is 2.71. The van der Waals surface area contributed by atoms with Crippen LogP contribution in [0.4, 0.5) is 4.79 Å². The molecule has 1 aromatic rings. The van der Waals surface area contributed by atoms with E-state index in [2.05, 4.69) is 24.4 Å². The van der Waals surface area contributed by atoms with Gasteiger partial charge in [0.2, 0.25) is 0 Å².